The van der Waals surface area contributed by atoms with E-state index in [1.807, 2.05) is 17.7 Å². The number of anilines is 1. The van der Waals surface area contributed by atoms with E-state index in [-0.39, 0.29) is 18.4 Å². The molecule has 9 heteroatoms. The fourth-order valence-corrected chi connectivity index (χ4v) is 3.94. The molecule has 9 nitrogen and oxygen atoms in total. The van der Waals surface area contributed by atoms with Gasteiger partial charge in [-0.25, -0.2) is 9.97 Å². The highest BCUT2D eigenvalue weighted by Gasteiger charge is 2.39. The summed E-state index contributed by atoms with van der Waals surface area (Å²) in [6.45, 7) is 3.41. The minimum atomic E-state index is -0.651. The van der Waals surface area contributed by atoms with Crippen molar-refractivity contribution in [1.29, 1.82) is 0 Å². The van der Waals surface area contributed by atoms with Gasteiger partial charge in [0.05, 0.1) is 22.8 Å². The fraction of sp³-hybridized carbons (Fsp3) is 0.429. The molecule has 1 unspecified atom stereocenters. The first-order chi connectivity index (χ1) is 14.5. The number of amides is 2. The molecule has 1 aliphatic rings. The normalized spacial score (nSPS) is 19.2. The van der Waals surface area contributed by atoms with Crippen molar-refractivity contribution in [3.8, 4) is 0 Å². The van der Waals surface area contributed by atoms with Crippen molar-refractivity contribution in [3.63, 3.8) is 0 Å². The molecule has 0 aliphatic carbocycles. The Bertz CT molecular complexity index is 1040. The fourth-order valence-electron chi connectivity index (χ4n) is 3.94. The molecule has 0 saturated carbocycles. The zero-order valence-electron chi connectivity index (χ0n) is 17.0. The number of likely N-dealkylation sites (tertiary alicyclic amines) is 1. The Balaban J connectivity index is 1.40. The highest BCUT2D eigenvalue weighted by molar-refractivity contribution is 5.97. The largest absolute Gasteiger partial charge is 0.388 e. The first-order valence-electron chi connectivity index (χ1n) is 10.1. The van der Waals surface area contributed by atoms with E-state index in [0.29, 0.717) is 37.6 Å². The summed E-state index contributed by atoms with van der Waals surface area (Å²) in [7, 11) is 0. The molecule has 2 aromatic heterocycles. The molecule has 1 saturated heterocycles. The predicted octanol–water partition coefficient (Wildman–Crippen LogP) is 1.91. The van der Waals surface area contributed by atoms with E-state index in [4.69, 9.17) is 0 Å². The third-order valence-electron chi connectivity index (χ3n) is 5.68. The lowest BCUT2D eigenvalue weighted by Crippen LogP contribution is -2.50. The number of benzene rings is 1. The van der Waals surface area contributed by atoms with Crippen LogP contribution in [0.1, 0.15) is 32.0 Å². The third kappa shape index (κ3) is 4.20. The Labute approximate surface area is 174 Å². The molecule has 4 rings (SSSR count). The molecule has 0 radical (unpaired) electrons. The van der Waals surface area contributed by atoms with Crippen LogP contribution in [0.15, 0.2) is 36.9 Å². The Morgan fingerprint density at radius 3 is 3.00 bits per heavy atom. The number of H-pyrrole nitrogens is 1. The van der Waals surface area contributed by atoms with E-state index in [9.17, 15) is 14.7 Å². The van der Waals surface area contributed by atoms with Crippen LogP contribution in [0, 0.1) is 5.41 Å². The van der Waals surface area contributed by atoms with Gasteiger partial charge < -0.3 is 24.9 Å². The van der Waals surface area contributed by atoms with Gasteiger partial charge in [0, 0.05) is 44.1 Å². The number of rotatable bonds is 6. The molecule has 1 aromatic carbocycles. The SMILES string of the molecule is CC1(C(=O)Nc2ccc3nc(CO)[nH]c3c2)CCCN(C(=O)CCn2ccnc2)C1. The molecule has 0 spiro atoms. The van der Waals surface area contributed by atoms with Gasteiger partial charge in [0.25, 0.3) is 0 Å². The van der Waals surface area contributed by atoms with E-state index >= 15 is 0 Å². The number of piperidine rings is 1. The second kappa shape index (κ2) is 8.27. The van der Waals surface area contributed by atoms with E-state index in [2.05, 4.69) is 20.3 Å². The van der Waals surface area contributed by atoms with Crippen molar-refractivity contribution in [2.45, 2.75) is 39.3 Å². The number of carbonyl (C=O) groups is 2. The lowest BCUT2D eigenvalue weighted by Gasteiger charge is -2.39. The molecule has 3 N–H and O–H groups in total. The average molecular weight is 410 g/mol. The van der Waals surface area contributed by atoms with Gasteiger partial charge in [0.15, 0.2) is 0 Å². The summed E-state index contributed by atoms with van der Waals surface area (Å²) in [5.74, 6) is 0.436. The number of fused-ring (bicyclic) bond motifs is 1. The van der Waals surface area contributed by atoms with Gasteiger partial charge >= 0.3 is 0 Å². The Kier molecular flexibility index (Phi) is 5.54. The molecular weight excluding hydrogens is 384 g/mol. The molecule has 158 valence electrons. The van der Waals surface area contributed by atoms with Gasteiger partial charge in [-0.15, -0.1) is 0 Å². The van der Waals surface area contributed by atoms with E-state index in [1.165, 1.54) is 0 Å². The molecule has 0 bridgehead atoms. The molecule has 3 heterocycles. The van der Waals surface area contributed by atoms with Crippen LogP contribution in [0.4, 0.5) is 5.69 Å². The molecule has 1 aliphatic heterocycles. The maximum absolute atomic E-state index is 13.1. The first-order valence-corrected chi connectivity index (χ1v) is 10.1. The van der Waals surface area contributed by atoms with Gasteiger partial charge in [0.1, 0.15) is 12.4 Å². The lowest BCUT2D eigenvalue weighted by molar-refractivity contribution is -0.138. The third-order valence-corrected chi connectivity index (χ3v) is 5.68. The number of hydrogen-bond donors (Lipinski definition) is 3. The average Bonchev–Trinajstić information content (AvgIpc) is 3.41. The second-order valence-electron chi connectivity index (χ2n) is 8.06. The summed E-state index contributed by atoms with van der Waals surface area (Å²) < 4.78 is 1.88. The van der Waals surface area contributed by atoms with Gasteiger partial charge in [0.2, 0.25) is 11.8 Å². The summed E-state index contributed by atoms with van der Waals surface area (Å²) in [5.41, 5.74) is 1.49. The Morgan fingerprint density at radius 1 is 1.37 bits per heavy atom. The van der Waals surface area contributed by atoms with Crippen LogP contribution in [0.3, 0.4) is 0 Å². The number of aliphatic hydroxyl groups excluding tert-OH is 1. The van der Waals surface area contributed by atoms with Gasteiger partial charge in [-0.3, -0.25) is 9.59 Å². The molecule has 1 fully saturated rings. The van der Waals surface area contributed by atoms with Gasteiger partial charge in [-0.2, -0.15) is 0 Å². The van der Waals surface area contributed by atoms with Crippen LogP contribution in [-0.2, 0) is 22.7 Å². The predicted molar refractivity (Wildman–Crippen MR) is 111 cm³/mol. The van der Waals surface area contributed by atoms with Gasteiger partial charge in [-0.1, -0.05) is 0 Å². The zero-order valence-corrected chi connectivity index (χ0v) is 17.0. The van der Waals surface area contributed by atoms with Crippen LogP contribution >= 0.6 is 0 Å². The number of hydrogen-bond acceptors (Lipinski definition) is 5. The summed E-state index contributed by atoms with van der Waals surface area (Å²) in [6, 6.07) is 5.40. The molecule has 3 aromatic rings. The molecule has 1 atom stereocenters. The summed E-state index contributed by atoms with van der Waals surface area (Å²) >= 11 is 0. The highest BCUT2D eigenvalue weighted by atomic mass is 16.3. The maximum Gasteiger partial charge on any atom is 0.232 e. The summed E-state index contributed by atoms with van der Waals surface area (Å²) in [6.07, 6.45) is 7.13. The van der Waals surface area contributed by atoms with Crippen molar-refractivity contribution < 1.29 is 14.7 Å². The smallest absolute Gasteiger partial charge is 0.232 e. The number of imidazole rings is 2. The number of aromatic amines is 1. The van der Waals surface area contributed by atoms with Crippen LogP contribution in [0.25, 0.3) is 11.0 Å². The number of nitrogens with one attached hydrogen (secondary N) is 2. The van der Waals surface area contributed by atoms with Crippen molar-refractivity contribution in [2.75, 3.05) is 18.4 Å². The molecule has 2 amide bonds. The molecule has 30 heavy (non-hydrogen) atoms. The first kappa shape index (κ1) is 20.1. The minimum absolute atomic E-state index is 0.0536. The summed E-state index contributed by atoms with van der Waals surface area (Å²) in [4.78, 5) is 38.8. The van der Waals surface area contributed by atoms with E-state index in [1.54, 1.807) is 35.6 Å². The standard InChI is InChI=1S/C21H26N6O3/c1-21(6-2-8-27(13-21)19(29)5-9-26-10-7-22-14-26)20(30)23-15-3-4-16-17(11-15)25-18(12-28)24-16/h3-4,7,10-11,14,28H,2,5-6,8-9,12-13H2,1H3,(H,23,30)(H,24,25). The monoisotopic (exact) mass is 410 g/mol. The number of aryl methyl sites for hydroxylation is 1. The number of aliphatic hydroxyl groups is 1. The van der Waals surface area contributed by atoms with Crippen LogP contribution in [0.5, 0.6) is 0 Å². The van der Waals surface area contributed by atoms with Crippen LogP contribution in [0.2, 0.25) is 0 Å². The van der Waals surface area contributed by atoms with Crippen molar-refractivity contribution in [3.05, 3.63) is 42.7 Å². The summed E-state index contributed by atoms with van der Waals surface area (Å²) in [5, 5.41) is 12.2. The number of aromatic nitrogens is 4. The van der Waals surface area contributed by atoms with Crippen molar-refractivity contribution in [1.82, 2.24) is 24.4 Å². The van der Waals surface area contributed by atoms with E-state index < -0.39 is 5.41 Å². The van der Waals surface area contributed by atoms with E-state index in [0.717, 1.165) is 23.9 Å². The Hall–Kier alpha value is -3.20. The van der Waals surface area contributed by atoms with Crippen LogP contribution in [-0.4, -0.2) is 54.4 Å². The number of nitrogens with zero attached hydrogens (tertiary/aromatic N) is 4. The highest BCUT2D eigenvalue weighted by Crippen LogP contribution is 2.31. The van der Waals surface area contributed by atoms with Gasteiger partial charge in [-0.05, 0) is 38.0 Å². The van der Waals surface area contributed by atoms with Crippen molar-refractivity contribution in [2.24, 2.45) is 5.41 Å². The zero-order chi connectivity index (χ0) is 21.1. The second-order valence-corrected chi connectivity index (χ2v) is 8.06. The number of carbonyl (C=O) groups excluding carboxylic acids is 2. The maximum atomic E-state index is 13.1. The molecular formula is C21H26N6O3. The quantitative estimate of drug-likeness (QED) is 0.574. The van der Waals surface area contributed by atoms with Crippen molar-refractivity contribution >= 4 is 28.5 Å². The van der Waals surface area contributed by atoms with Crippen LogP contribution < -0.4 is 5.32 Å². The minimum Gasteiger partial charge on any atom is -0.388 e. The Morgan fingerprint density at radius 2 is 2.23 bits per heavy atom. The lowest BCUT2D eigenvalue weighted by atomic mass is 9.80. The topological polar surface area (TPSA) is 116 Å².